The van der Waals surface area contributed by atoms with E-state index >= 15 is 4.39 Å². The average Bonchev–Trinajstić information content (AvgIpc) is 2.82. The number of allylic oxidation sites excluding steroid dienone is 1. The molecule has 0 atom stereocenters. The lowest BCUT2D eigenvalue weighted by Crippen LogP contribution is -2.14. The van der Waals surface area contributed by atoms with Gasteiger partial charge in [-0.05, 0) is 97.6 Å². The van der Waals surface area contributed by atoms with E-state index in [0.29, 0.717) is 11.3 Å². The molecule has 1 heteroatoms. The molecule has 0 spiro atoms. The number of benzene rings is 3. The van der Waals surface area contributed by atoms with Crippen LogP contribution in [0.2, 0.25) is 0 Å². The first-order valence-corrected chi connectivity index (χ1v) is 11.6. The van der Waals surface area contributed by atoms with Gasteiger partial charge in [-0.1, -0.05) is 55.2 Å². The predicted molar refractivity (Wildman–Crippen MR) is 130 cm³/mol. The summed E-state index contributed by atoms with van der Waals surface area (Å²) in [5.41, 5.74) is 4.13. The Morgan fingerprint density at radius 1 is 0.935 bits per heavy atom. The topological polar surface area (TPSA) is 0 Å². The lowest BCUT2D eigenvalue weighted by Gasteiger charge is -2.29. The number of hydrogen-bond acceptors (Lipinski definition) is 0. The Morgan fingerprint density at radius 2 is 1.65 bits per heavy atom. The van der Waals surface area contributed by atoms with Gasteiger partial charge in [0.05, 0.1) is 0 Å². The number of aryl methyl sites for hydroxylation is 1. The maximum absolute atomic E-state index is 15.4. The highest BCUT2D eigenvalue weighted by Crippen LogP contribution is 2.39. The zero-order valence-electron chi connectivity index (χ0n) is 18.5. The maximum atomic E-state index is 15.4. The molecule has 3 aromatic carbocycles. The highest BCUT2D eigenvalue weighted by Gasteiger charge is 2.24. The quantitative estimate of drug-likeness (QED) is 0.294. The van der Waals surface area contributed by atoms with Crippen molar-refractivity contribution in [2.24, 2.45) is 5.92 Å². The van der Waals surface area contributed by atoms with Gasteiger partial charge in [0.2, 0.25) is 0 Å². The van der Waals surface area contributed by atoms with Crippen molar-refractivity contribution >= 4 is 10.8 Å². The first-order valence-electron chi connectivity index (χ1n) is 11.6. The second-order valence-corrected chi connectivity index (χ2v) is 8.79. The summed E-state index contributed by atoms with van der Waals surface area (Å²) in [7, 11) is 0. The summed E-state index contributed by atoms with van der Waals surface area (Å²) in [6.07, 6.45) is 9.93. The molecule has 31 heavy (non-hydrogen) atoms. The van der Waals surface area contributed by atoms with Gasteiger partial charge in [-0.3, -0.25) is 0 Å². The van der Waals surface area contributed by atoms with E-state index in [2.05, 4.69) is 55.7 Å². The fraction of sp³-hybridized carbons (Fsp3) is 0.333. The molecule has 0 N–H and O–H groups in total. The van der Waals surface area contributed by atoms with Crippen molar-refractivity contribution in [2.75, 3.05) is 0 Å². The second-order valence-electron chi connectivity index (χ2n) is 8.79. The summed E-state index contributed by atoms with van der Waals surface area (Å²) < 4.78 is 15.4. The Morgan fingerprint density at radius 3 is 2.35 bits per heavy atom. The van der Waals surface area contributed by atoms with Gasteiger partial charge >= 0.3 is 0 Å². The predicted octanol–water partition coefficient (Wildman–Crippen LogP) is 8.18. The van der Waals surface area contributed by atoms with E-state index in [1.165, 1.54) is 24.8 Å². The van der Waals surface area contributed by atoms with Crippen molar-refractivity contribution in [3.05, 3.63) is 95.3 Å². The molecule has 0 unspecified atom stereocenters. The van der Waals surface area contributed by atoms with Crippen molar-refractivity contribution in [1.29, 1.82) is 0 Å². The number of rotatable bonds is 5. The van der Waals surface area contributed by atoms with Crippen LogP contribution in [0.1, 0.15) is 73.6 Å². The molecule has 0 radical (unpaired) electrons. The third kappa shape index (κ3) is 5.08. The molecule has 1 aliphatic rings. The number of fused-ring (bicyclic) bond motifs is 1. The molecule has 1 fully saturated rings. The maximum Gasteiger partial charge on any atom is 0.134 e. The molecule has 0 saturated heterocycles. The van der Waals surface area contributed by atoms with Crippen LogP contribution in [0.25, 0.3) is 10.8 Å². The highest BCUT2D eigenvalue weighted by atomic mass is 19.1. The second kappa shape index (κ2) is 9.97. The number of halogens is 1. The van der Waals surface area contributed by atoms with E-state index in [0.717, 1.165) is 53.7 Å². The molecule has 0 bridgehead atoms. The molecular formula is C30H31F. The van der Waals surface area contributed by atoms with E-state index < -0.39 is 0 Å². The molecule has 0 nitrogen and oxygen atoms in total. The monoisotopic (exact) mass is 410 g/mol. The van der Waals surface area contributed by atoms with Crippen LogP contribution >= 0.6 is 0 Å². The van der Waals surface area contributed by atoms with Gasteiger partial charge in [0.1, 0.15) is 5.82 Å². The largest absolute Gasteiger partial charge is 0.206 e. The Bertz CT molecular complexity index is 1100. The lowest BCUT2D eigenvalue weighted by atomic mass is 9.76. The van der Waals surface area contributed by atoms with Gasteiger partial charge in [-0.15, -0.1) is 6.58 Å². The van der Waals surface area contributed by atoms with E-state index in [1.807, 2.05) is 30.3 Å². The van der Waals surface area contributed by atoms with Gasteiger partial charge in [0.25, 0.3) is 0 Å². The summed E-state index contributed by atoms with van der Waals surface area (Å²) in [5, 5.41) is 1.64. The molecule has 158 valence electrons. The average molecular weight is 411 g/mol. The van der Waals surface area contributed by atoms with E-state index in [9.17, 15) is 0 Å². The summed E-state index contributed by atoms with van der Waals surface area (Å²) >= 11 is 0. The van der Waals surface area contributed by atoms with Gasteiger partial charge in [-0.25, -0.2) is 4.39 Å². The van der Waals surface area contributed by atoms with Crippen molar-refractivity contribution in [2.45, 2.75) is 57.8 Å². The first kappa shape index (κ1) is 21.4. The van der Waals surface area contributed by atoms with Crippen molar-refractivity contribution in [1.82, 2.24) is 0 Å². The van der Waals surface area contributed by atoms with Gasteiger partial charge in [-0.2, -0.15) is 0 Å². The summed E-state index contributed by atoms with van der Waals surface area (Å²) in [6, 6.07) is 18.3. The van der Waals surface area contributed by atoms with E-state index in [-0.39, 0.29) is 5.82 Å². The van der Waals surface area contributed by atoms with Gasteiger partial charge in [0, 0.05) is 16.5 Å². The summed E-state index contributed by atoms with van der Waals surface area (Å²) in [6.45, 7) is 5.98. The Labute approximate surface area is 186 Å². The Balaban J connectivity index is 1.51. The molecule has 1 aliphatic carbocycles. The van der Waals surface area contributed by atoms with Crippen molar-refractivity contribution in [3.8, 4) is 11.8 Å². The minimum absolute atomic E-state index is 0.0401. The molecule has 0 aromatic heterocycles. The van der Waals surface area contributed by atoms with Crippen LogP contribution < -0.4 is 0 Å². The van der Waals surface area contributed by atoms with Crippen LogP contribution in [0, 0.1) is 23.6 Å². The molecule has 1 saturated carbocycles. The van der Waals surface area contributed by atoms with Crippen LogP contribution in [0.4, 0.5) is 4.39 Å². The zero-order valence-corrected chi connectivity index (χ0v) is 18.5. The van der Waals surface area contributed by atoms with Crippen LogP contribution in [0.5, 0.6) is 0 Å². The molecule has 4 rings (SSSR count). The SMILES string of the molecule is C=CCCC1CCC(c2ccc3cc(C#Cc4ccc(CC)cc4)ccc3c2F)CC1. The smallest absolute Gasteiger partial charge is 0.134 e. The van der Waals surface area contributed by atoms with Crippen LogP contribution in [0.15, 0.2) is 67.3 Å². The highest BCUT2D eigenvalue weighted by molar-refractivity contribution is 5.85. The first-order chi connectivity index (χ1) is 15.2. The van der Waals surface area contributed by atoms with Crippen LogP contribution in [-0.4, -0.2) is 0 Å². The fourth-order valence-electron chi connectivity index (χ4n) is 4.79. The molecule has 0 amide bonds. The standard InChI is InChI=1S/C30H31F/c1-3-5-6-23-13-16-26(17-14-23)28-20-18-27-21-25(15-19-29(27)30(28)31)12-11-24-9-7-22(4-2)8-10-24/h3,7-10,15,18-21,23,26H,1,4-6,13-14,16-17H2,2H3. The van der Waals surface area contributed by atoms with Crippen LogP contribution in [0.3, 0.4) is 0 Å². The molecule has 3 aromatic rings. The van der Waals surface area contributed by atoms with E-state index in [4.69, 9.17) is 0 Å². The summed E-state index contributed by atoms with van der Waals surface area (Å²) in [5.74, 6) is 7.53. The third-order valence-corrected chi connectivity index (χ3v) is 6.76. The molecule has 0 aliphatic heterocycles. The van der Waals surface area contributed by atoms with E-state index in [1.54, 1.807) is 0 Å². The Hall–Kier alpha value is -2.85. The third-order valence-electron chi connectivity index (χ3n) is 6.76. The Kier molecular flexibility index (Phi) is 6.88. The van der Waals surface area contributed by atoms with Crippen LogP contribution in [-0.2, 0) is 6.42 Å². The lowest BCUT2D eigenvalue weighted by molar-refractivity contribution is 0.308. The van der Waals surface area contributed by atoms with Crippen molar-refractivity contribution < 1.29 is 4.39 Å². The normalized spacial score (nSPS) is 18.4. The minimum atomic E-state index is -0.0401. The molecule has 0 heterocycles. The van der Waals surface area contributed by atoms with Gasteiger partial charge < -0.3 is 0 Å². The fourth-order valence-corrected chi connectivity index (χ4v) is 4.79. The minimum Gasteiger partial charge on any atom is -0.206 e. The van der Waals surface area contributed by atoms with Gasteiger partial charge in [0.15, 0.2) is 0 Å². The molecular weight excluding hydrogens is 379 g/mol. The summed E-state index contributed by atoms with van der Waals surface area (Å²) in [4.78, 5) is 0. The van der Waals surface area contributed by atoms with Crippen molar-refractivity contribution in [3.63, 3.8) is 0 Å². The number of hydrogen-bond donors (Lipinski definition) is 0. The zero-order chi connectivity index (χ0) is 21.6.